The SMILES string of the molecule is O=[N+]([O-])c1c(F)cccc1NCCc1ccc(Cl)s1. The normalized spacial score (nSPS) is 10.4. The van der Waals surface area contributed by atoms with Gasteiger partial charge < -0.3 is 5.32 Å². The van der Waals surface area contributed by atoms with E-state index in [0.29, 0.717) is 17.3 Å². The molecule has 100 valence electrons. The highest BCUT2D eigenvalue weighted by Gasteiger charge is 2.19. The molecule has 0 atom stereocenters. The van der Waals surface area contributed by atoms with Crippen molar-refractivity contribution in [3.63, 3.8) is 0 Å². The van der Waals surface area contributed by atoms with Gasteiger partial charge in [-0.05, 0) is 30.7 Å². The molecule has 2 rings (SSSR count). The minimum absolute atomic E-state index is 0.188. The largest absolute Gasteiger partial charge is 0.379 e. The van der Waals surface area contributed by atoms with Gasteiger partial charge in [0, 0.05) is 11.4 Å². The average Bonchev–Trinajstić information content (AvgIpc) is 2.74. The highest BCUT2D eigenvalue weighted by Crippen LogP contribution is 2.27. The van der Waals surface area contributed by atoms with Crippen molar-refractivity contribution in [1.82, 2.24) is 0 Å². The first-order chi connectivity index (χ1) is 9.08. The average molecular weight is 301 g/mol. The molecule has 0 saturated heterocycles. The molecule has 7 heteroatoms. The Balaban J connectivity index is 2.03. The molecule has 1 aromatic carbocycles. The first kappa shape index (κ1) is 13.8. The van der Waals surface area contributed by atoms with Crippen molar-refractivity contribution >= 4 is 34.3 Å². The Morgan fingerprint density at radius 2 is 2.16 bits per heavy atom. The quantitative estimate of drug-likeness (QED) is 0.668. The second-order valence-corrected chi connectivity index (χ2v) is 5.58. The summed E-state index contributed by atoms with van der Waals surface area (Å²) < 4.78 is 14.1. The molecule has 0 aliphatic carbocycles. The number of halogens is 2. The molecule has 0 bridgehead atoms. The fourth-order valence-corrected chi connectivity index (χ4v) is 2.74. The van der Waals surface area contributed by atoms with E-state index in [-0.39, 0.29) is 5.69 Å². The van der Waals surface area contributed by atoms with Gasteiger partial charge in [0.2, 0.25) is 5.82 Å². The van der Waals surface area contributed by atoms with Gasteiger partial charge in [-0.2, -0.15) is 4.39 Å². The molecule has 0 saturated carbocycles. The lowest BCUT2D eigenvalue weighted by Crippen LogP contribution is -2.07. The summed E-state index contributed by atoms with van der Waals surface area (Å²) in [4.78, 5) is 11.1. The lowest BCUT2D eigenvalue weighted by atomic mass is 10.2. The van der Waals surface area contributed by atoms with Gasteiger partial charge in [0.15, 0.2) is 0 Å². The fourth-order valence-electron chi connectivity index (χ4n) is 1.65. The Kier molecular flexibility index (Phi) is 4.34. The second-order valence-electron chi connectivity index (χ2n) is 3.78. The minimum Gasteiger partial charge on any atom is -0.379 e. The lowest BCUT2D eigenvalue weighted by Gasteiger charge is -2.06. The molecule has 1 N–H and O–H groups in total. The van der Waals surface area contributed by atoms with Crippen LogP contribution in [0.2, 0.25) is 4.34 Å². The Hall–Kier alpha value is -1.66. The molecule has 0 aliphatic heterocycles. The lowest BCUT2D eigenvalue weighted by molar-refractivity contribution is -0.386. The number of hydrogen-bond acceptors (Lipinski definition) is 4. The van der Waals surface area contributed by atoms with Crippen LogP contribution >= 0.6 is 22.9 Å². The van der Waals surface area contributed by atoms with Crippen molar-refractivity contribution in [3.8, 4) is 0 Å². The van der Waals surface area contributed by atoms with E-state index in [9.17, 15) is 14.5 Å². The third kappa shape index (κ3) is 3.42. The summed E-state index contributed by atoms with van der Waals surface area (Å²) >= 11 is 7.26. The molecule has 19 heavy (non-hydrogen) atoms. The van der Waals surface area contributed by atoms with E-state index < -0.39 is 16.4 Å². The van der Waals surface area contributed by atoms with E-state index in [2.05, 4.69) is 5.32 Å². The van der Waals surface area contributed by atoms with E-state index in [1.54, 1.807) is 6.07 Å². The summed E-state index contributed by atoms with van der Waals surface area (Å²) in [6, 6.07) is 7.69. The van der Waals surface area contributed by atoms with Crippen molar-refractivity contribution in [1.29, 1.82) is 0 Å². The predicted molar refractivity (Wildman–Crippen MR) is 74.6 cm³/mol. The fraction of sp³-hybridized carbons (Fsp3) is 0.167. The summed E-state index contributed by atoms with van der Waals surface area (Å²) in [5.41, 5.74) is -0.334. The van der Waals surface area contributed by atoms with Gasteiger partial charge in [-0.1, -0.05) is 17.7 Å². The number of nitrogens with zero attached hydrogens (tertiary/aromatic N) is 1. The van der Waals surface area contributed by atoms with Crippen LogP contribution in [-0.2, 0) is 6.42 Å². The minimum atomic E-state index is -0.839. The first-order valence-corrected chi connectivity index (χ1v) is 6.68. The number of rotatable bonds is 5. The third-order valence-electron chi connectivity index (χ3n) is 2.49. The van der Waals surface area contributed by atoms with E-state index in [4.69, 9.17) is 11.6 Å². The molecule has 0 amide bonds. The number of nitrogens with one attached hydrogen (secondary N) is 1. The van der Waals surface area contributed by atoms with Crippen LogP contribution in [0.15, 0.2) is 30.3 Å². The van der Waals surface area contributed by atoms with Gasteiger partial charge in [-0.15, -0.1) is 11.3 Å². The van der Waals surface area contributed by atoms with Crippen molar-refractivity contribution < 1.29 is 9.31 Å². The number of thiophene rings is 1. The summed E-state index contributed by atoms with van der Waals surface area (Å²) in [5.74, 6) is -0.839. The molecule has 4 nitrogen and oxygen atoms in total. The van der Waals surface area contributed by atoms with Gasteiger partial charge in [-0.25, -0.2) is 0 Å². The van der Waals surface area contributed by atoms with Gasteiger partial charge >= 0.3 is 5.69 Å². The van der Waals surface area contributed by atoms with Gasteiger partial charge in [0.1, 0.15) is 5.69 Å². The Bertz CT molecular complexity index is 603. The summed E-state index contributed by atoms with van der Waals surface area (Å²) in [5, 5.41) is 13.7. The maximum absolute atomic E-state index is 13.4. The van der Waals surface area contributed by atoms with Crippen LogP contribution in [0.1, 0.15) is 4.88 Å². The van der Waals surface area contributed by atoms with Gasteiger partial charge in [0.05, 0.1) is 9.26 Å². The van der Waals surface area contributed by atoms with Crippen LogP contribution in [0.4, 0.5) is 15.8 Å². The molecule has 0 radical (unpaired) electrons. The number of anilines is 1. The molecular formula is C12H10ClFN2O2S. The number of nitro benzene ring substituents is 1. The van der Waals surface area contributed by atoms with Crippen LogP contribution in [0.5, 0.6) is 0 Å². The highest BCUT2D eigenvalue weighted by molar-refractivity contribution is 7.16. The molecule has 0 unspecified atom stereocenters. The van der Waals surface area contributed by atoms with Crippen molar-refractivity contribution in [2.45, 2.75) is 6.42 Å². The Labute approximate surface area is 118 Å². The van der Waals surface area contributed by atoms with Crippen molar-refractivity contribution in [3.05, 3.63) is 55.5 Å². The number of hydrogen-bond donors (Lipinski definition) is 1. The monoisotopic (exact) mass is 300 g/mol. The molecule has 2 aromatic rings. The summed E-state index contributed by atoms with van der Waals surface area (Å²) in [7, 11) is 0. The van der Waals surface area contributed by atoms with Crippen LogP contribution in [0.25, 0.3) is 0 Å². The molecule has 0 fully saturated rings. The Morgan fingerprint density at radius 1 is 1.37 bits per heavy atom. The van der Waals surface area contributed by atoms with Crippen molar-refractivity contribution in [2.24, 2.45) is 0 Å². The van der Waals surface area contributed by atoms with Crippen LogP contribution < -0.4 is 5.32 Å². The molecule has 0 aliphatic rings. The number of para-hydroxylation sites is 1. The second kappa shape index (κ2) is 5.99. The van der Waals surface area contributed by atoms with Crippen LogP contribution in [0.3, 0.4) is 0 Å². The van der Waals surface area contributed by atoms with Gasteiger partial charge in [0.25, 0.3) is 0 Å². The molecular weight excluding hydrogens is 291 g/mol. The smallest absolute Gasteiger partial charge is 0.327 e. The predicted octanol–water partition coefficient (Wildman–Crippen LogP) is 4.10. The van der Waals surface area contributed by atoms with Gasteiger partial charge in [-0.3, -0.25) is 10.1 Å². The van der Waals surface area contributed by atoms with Crippen LogP contribution in [-0.4, -0.2) is 11.5 Å². The van der Waals surface area contributed by atoms with E-state index in [1.807, 2.05) is 6.07 Å². The first-order valence-electron chi connectivity index (χ1n) is 5.49. The van der Waals surface area contributed by atoms with E-state index >= 15 is 0 Å². The maximum atomic E-state index is 13.4. The standard InChI is InChI=1S/C12H10ClFN2O2S/c13-11-5-4-8(19-11)6-7-15-10-3-1-2-9(14)12(10)16(17)18/h1-5,15H,6-7H2. The maximum Gasteiger partial charge on any atom is 0.327 e. The zero-order valence-corrected chi connectivity index (χ0v) is 11.3. The zero-order chi connectivity index (χ0) is 13.8. The molecule has 1 aromatic heterocycles. The van der Waals surface area contributed by atoms with E-state index in [0.717, 1.165) is 10.9 Å². The van der Waals surface area contributed by atoms with E-state index in [1.165, 1.54) is 23.5 Å². The number of nitro groups is 1. The summed E-state index contributed by atoms with van der Waals surface area (Å²) in [6.07, 6.45) is 0.672. The third-order valence-corrected chi connectivity index (χ3v) is 3.78. The zero-order valence-electron chi connectivity index (χ0n) is 9.73. The van der Waals surface area contributed by atoms with Crippen molar-refractivity contribution in [2.75, 3.05) is 11.9 Å². The molecule has 1 heterocycles. The summed E-state index contributed by atoms with van der Waals surface area (Å²) in [6.45, 7) is 0.473. The highest BCUT2D eigenvalue weighted by atomic mass is 35.5. The Morgan fingerprint density at radius 3 is 2.79 bits per heavy atom. The number of benzene rings is 1. The van der Waals surface area contributed by atoms with Crippen LogP contribution in [0, 0.1) is 15.9 Å². The molecule has 0 spiro atoms. The topological polar surface area (TPSA) is 55.2 Å².